The van der Waals surface area contributed by atoms with E-state index in [0.717, 1.165) is 19.7 Å². The van der Waals surface area contributed by atoms with Gasteiger partial charge in [0.2, 0.25) is 0 Å². The van der Waals surface area contributed by atoms with Gasteiger partial charge in [0, 0.05) is 38.1 Å². The maximum atomic E-state index is 5.06. The van der Waals surface area contributed by atoms with Crippen LogP contribution in [0.25, 0.3) is 0 Å². The molecule has 1 unspecified atom stereocenters. The number of hydrogen-bond donors (Lipinski definition) is 1. The van der Waals surface area contributed by atoms with Gasteiger partial charge in [0.25, 0.3) is 0 Å². The van der Waals surface area contributed by atoms with Gasteiger partial charge in [-0.2, -0.15) is 0 Å². The number of aryl methyl sites for hydroxylation is 1. The van der Waals surface area contributed by atoms with Gasteiger partial charge in [0.05, 0.1) is 6.61 Å². The van der Waals surface area contributed by atoms with E-state index in [-0.39, 0.29) is 0 Å². The normalized spacial score (nSPS) is 13.1. The molecule has 1 aromatic heterocycles. The zero-order valence-electron chi connectivity index (χ0n) is 9.29. The Hall–Kier alpha value is -0.800. The average molecular weight is 196 g/mol. The minimum absolute atomic E-state index is 0.403. The molecule has 14 heavy (non-hydrogen) atoms. The van der Waals surface area contributed by atoms with Crippen LogP contribution in [0.5, 0.6) is 0 Å². The zero-order chi connectivity index (χ0) is 10.4. The number of nitrogens with zero attached hydrogens (tertiary/aromatic N) is 1. The van der Waals surface area contributed by atoms with Gasteiger partial charge in [-0.15, -0.1) is 0 Å². The van der Waals surface area contributed by atoms with Crippen LogP contribution < -0.4 is 5.32 Å². The Labute approximate surface area is 86.1 Å². The fourth-order valence-electron chi connectivity index (χ4n) is 1.51. The van der Waals surface area contributed by atoms with Crippen molar-refractivity contribution in [3.63, 3.8) is 0 Å². The van der Waals surface area contributed by atoms with E-state index in [0.29, 0.717) is 6.04 Å². The van der Waals surface area contributed by atoms with Crippen molar-refractivity contribution in [2.24, 2.45) is 0 Å². The van der Waals surface area contributed by atoms with Gasteiger partial charge in [-0.05, 0) is 26.0 Å². The number of ether oxygens (including phenoxy) is 1. The van der Waals surface area contributed by atoms with Crippen molar-refractivity contribution < 1.29 is 4.74 Å². The molecule has 1 aromatic rings. The first-order chi connectivity index (χ1) is 6.77. The van der Waals surface area contributed by atoms with Gasteiger partial charge in [0.15, 0.2) is 0 Å². The van der Waals surface area contributed by atoms with Gasteiger partial charge < -0.3 is 14.6 Å². The van der Waals surface area contributed by atoms with E-state index in [1.807, 2.05) is 0 Å². The lowest BCUT2D eigenvalue weighted by Gasteiger charge is -2.13. The highest BCUT2D eigenvalue weighted by Crippen LogP contribution is 2.01. The molecule has 1 heterocycles. The van der Waals surface area contributed by atoms with Crippen LogP contribution in [-0.2, 0) is 17.8 Å². The molecule has 0 amide bonds. The molecule has 0 aliphatic rings. The summed E-state index contributed by atoms with van der Waals surface area (Å²) in [4.78, 5) is 0. The summed E-state index contributed by atoms with van der Waals surface area (Å²) in [5, 5.41) is 3.41. The fraction of sp³-hybridized carbons (Fsp3) is 0.636. The summed E-state index contributed by atoms with van der Waals surface area (Å²) in [6, 6.07) is 4.64. The van der Waals surface area contributed by atoms with Crippen molar-refractivity contribution in [3.05, 3.63) is 24.0 Å². The minimum atomic E-state index is 0.403. The molecule has 1 atom stereocenters. The molecule has 0 radical (unpaired) electrons. The van der Waals surface area contributed by atoms with Crippen molar-refractivity contribution in [2.45, 2.75) is 33.0 Å². The lowest BCUT2D eigenvalue weighted by molar-refractivity contribution is 0.171. The third-order valence-corrected chi connectivity index (χ3v) is 2.31. The molecule has 0 aliphatic heterocycles. The number of rotatable bonds is 6. The minimum Gasteiger partial charge on any atom is -0.383 e. The largest absolute Gasteiger partial charge is 0.383 e. The van der Waals surface area contributed by atoms with Gasteiger partial charge >= 0.3 is 0 Å². The molecule has 0 spiro atoms. The molecule has 0 bridgehead atoms. The Morgan fingerprint density at radius 1 is 1.57 bits per heavy atom. The van der Waals surface area contributed by atoms with E-state index in [1.165, 1.54) is 5.69 Å². The van der Waals surface area contributed by atoms with E-state index in [2.05, 4.69) is 42.1 Å². The average Bonchev–Trinajstić information content (AvgIpc) is 2.62. The van der Waals surface area contributed by atoms with E-state index >= 15 is 0 Å². The Morgan fingerprint density at radius 2 is 2.36 bits per heavy atom. The summed E-state index contributed by atoms with van der Waals surface area (Å²) in [5.41, 5.74) is 1.33. The molecule has 1 rings (SSSR count). The Balaban J connectivity index is 2.37. The molecule has 3 nitrogen and oxygen atoms in total. The number of methoxy groups -OCH3 is 1. The van der Waals surface area contributed by atoms with E-state index in [1.54, 1.807) is 7.11 Å². The molecule has 0 aliphatic carbocycles. The number of hydrogen-bond acceptors (Lipinski definition) is 2. The maximum Gasteiger partial charge on any atom is 0.0613 e. The van der Waals surface area contributed by atoms with Crippen LogP contribution in [0.1, 0.15) is 19.5 Å². The summed E-state index contributed by atoms with van der Waals surface area (Å²) in [6.07, 6.45) is 2.11. The second kappa shape index (κ2) is 5.83. The zero-order valence-corrected chi connectivity index (χ0v) is 9.29. The standard InChI is InChI=1S/C11H20N2O/c1-4-13-7-5-6-11(13)8-12-10(2)9-14-3/h5-7,10,12H,4,8-9H2,1-3H3. The molecule has 1 N–H and O–H groups in total. The summed E-state index contributed by atoms with van der Waals surface area (Å²) in [6.45, 7) is 6.98. The predicted molar refractivity (Wildman–Crippen MR) is 58.3 cm³/mol. The second-order valence-corrected chi connectivity index (χ2v) is 3.52. The van der Waals surface area contributed by atoms with Gasteiger partial charge in [-0.1, -0.05) is 0 Å². The van der Waals surface area contributed by atoms with Crippen molar-refractivity contribution in [1.82, 2.24) is 9.88 Å². The molecule has 3 heteroatoms. The van der Waals surface area contributed by atoms with Crippen LogP contribution in [0.15, 0.2) is 18.3 Å². The molecule has 0 fully saturated rings. The van der Waals surface area contributed by atoms with Crippen molar-refractivity contribution in [3.8, 4) is 0 Å². The number of aromatic nitrogens is 1. The predicted octanol–water partition coefficient (Wildman–Crippen LogP) is 1.63. The van der Waals surface area contributed by atoms with E-state index in [4.69, 9.17) is 4.74 Å². The Kier molecular flexibility index (Phi) is 4.70. The van der Waals surface area contributed by atoms with Crippen LogP contribution in [-0.4, -0.2) is 24.3 Å². The fourth-order valence-corrected chi connectivity index (χ4v) is 1.51. The molecule has 80 valence electrons. The highest BCUT2D eigenvalue weighted by molar-refractivity contribution is 5.06. The molecular weight excluding hydrogens is 176 g/mol. The smallest absolute Gasteiger partial charge is 0.0613 e. The molecular formula is C11H20N2O. The van der Waals surface area contributed by atoms with Crippen molar-refractivity contribution >= 4 is 0 Å². The van der Waals surface area contributed by atoms with Crippen LogP contribution in [0, 0.1) is 0 Å². The van der Waals surface area contributed by atoms with Gasteiger partial charge in [-0.25, -0.2) is 0 Å². The summed E-state index contributed by atoms with van der Waals surface area (Å²) in [7, 11) is 1.73. The van der Waals surface area contributed by atoms with Crippen LogP contribution >= 0.6 is 0 Å². The molecule has 0 saturated carbocycles. The van der Waals surface area contributed by atoms with E-state index < -0.39 is 0 Å². The van der Waals surface area contributed by atoms with Crippen LogP contribution in [0.3, 0.4) is 0 Å². The summed E-state index contributed by atoms with van der Waals surface area (Å²) in [5.74, 6) is 0. The first kappa shape index (κ1) is 11.3. The SMILES string of the molecule is CCn1cccc1CNC(C)COC. The van der Waals surface area contributed by atoms with Gasteiger partial charge in [-0.3, -0.25) is 0 Å². The first-order valence-corrected chi connectivity index (χ1v) is 5.14. The summed E-state index contributed by atoms with van der Waals surface area (Å²) < 4.78 is 7.30. The van der Waals surface area contributed by atoms with Crippen LogP contribution in [0.4, 0.5) is 0 Å². The Bertz CT molecular complexity index is 258. The molecule has 0 saturated heterocycles. The highest BCUT2D eigenvalue weighted by Gasteiger charge is 2.02. The Morgan fingerprint density at radius 3 is 3.00 bits per heavy atom. The number of nitrogens with one attached hydrogen (secondary N) is 1. The third-order valence-electron chi connectivity index (χ3n) is 2.31. The van der Waals surface area contributed by atoms with Gasteiger partial charge in [0.1, 0.15) is 0 Å². The second-order valence-electron chi connectivity index (χ2n) is 3.52. The quantitative estimate of drug-likeness (QED) is 0.748. The lowest BCUT2D eigenvalue weighted by Crippen LogP contribution is -2.30. The van der Waals surface area contributed by atoms with Crippen molar-refractivity contribution in [1.29, 1.82) is 0 Å². The maximum absolute atomic E-state index is 5.06. The highest BCUT2D eigenvalue weighted by atomic mass is 16.5. The molecule has 0 aromatic carbocycles. The topological polar surface area (TPSA) is 26.2 Å². The monoisotopic (exact) mass is 196 g/mol. The summed E-state index contributed by atoms with van der Waals surface area (Å²) >= 11 is 0. The van der Waals surface area contributed by atoms with Crippen LogP contribution in [0.2, 0.25) is 0 Å². The van der Waals surface area contributed by atoms with E-state index in [9.17, 15) is 0 Å². The first-order valence-electron chi connectivity index (χ1n) is 5.14. The third kappa shape index (κ3) is 3.16. The van der Waals surface area contributed by atoms with Crippen molar-refractivity contribution in [2.75, 3.05) is 13.7 Å². The lowest BCUT2D eigenvalue weighted by atomic mass is 10.3.